The molecule has 0 unspecified atom stereocenters. The Labute approximate surface area is 88.0 Å². The van der Waals surface area contributed by atoms with E-state index in [-0.39, 0.29) is 0 Å². The Morgan fingerprint density at radius 1 is 1.29 bits per heavy atom. The molecule has 14 heavy (non-hydrogen) atoms. The summed E-state index contributed by atoms with van der Waals surface area (Å²) in [5.41, 5.74) is 0.980. The lowest BCUT2D eigenvalue weighted by Gasteiger charge is -2.28. The summed E-state index contributed by atoms with van der Waals surface area (Å²) in [6, 6.07) is 7.75. The Hall–Kier alpha value is -0.903. The second kappa shape index (κ2) is 4.55. The number of methoxy groups -OCH3 is 2. The highest BCUT2D eigenvalue weighted by atomic mass is 28.1. The second-order valence-corrected chi connectivity index (χ2v) is 3.47. The van der Waals surface area contributed by atoms with Crippen molar-refractivity contribution < 1.29 is 9.47 Å². The maximum absolute atomic E-state index is 5.26. The van der Waals surface area contributed by atoms with Crippen LogP contribution in [0.15, 0.2) is 30.8 Å². The first-order valence-corrected chi connectivity index (χ1v) is 4.75. The minimum absolute atomic E-state index is 0.898. The van der Waals surface area contributed by atoms with Crippen LogP contribution in [0.25, 0.3) is 6.08 Å². The fourth-order valence-corrected chi connectivity index (χ4v) is 1.51. The monoisotopic (exact) mass is 205 g/mol. The van der Waals surface area contributed by atoms with Gasteiger partial charge in [-0.2, -0.15) is 0 Å². The zero-order valence-electron chi connectivity index (χ0n) is 8.41. The second-order valence-electron chi connectivity index (χ2n) is 2.82. The molecule has 0 aromatic heterocycles. The van der Waals surface area contributed by atoms with Crippen LogP contribution in [0.4, 0.5) is 0 Å². The Balaban J connectivity index is 3.22. The Kier molecular flexibility index (Phi) is 3.63. The normalized spacial score (nSPS) is 11.4. The van der Waals surface area contributed by atoms with Crippen molar-refractivity contribution in [2.45, 2.75) is 5.41 Å². The molecule has 1 aromatic carbocycles. The van der Waals surface area contributed by atoms with Gasteiger partial charge >= 0.3 is 0 Å². The molecule has 0 heterocycles. The molecule has 1 aromatic rings. The van der Waals surface area contributed by atoms with Crippen LogP contribution in [-0.2, 0) is 14.9 Å². The molecule has 0 atom stereocenters. The predicted octanol–water partition coefficient (Wildman–Crippen LogP) is 1.90. The largest absolute Gasteiger partial charge is 0.354 e. The van der Waals surface area contributed by atoms with Gasteiger partial charge in [0, 0.05) is 19.8 Å². The predicted molar refractivity (Wildman–Crippen MR) is 58.0 cm³/mol. The first-order valence-electron chi connectivity index (χ1n) is 4.25. The number of benzene rings is 1. The third kappa shape index (κ3) is 1.95. The van der Waals surface area contributed by atoms with E-state index in [2.05, 4.69) is 16.8 Å². The molecule has 0 saturated heterocycles. The van der Waals surface area contributed by atoms with E-state index >= 15 is 0 Å². The van der Waals surface area contributed by atoms with Gasteiger partial charge in [-0.25, -0.2) is 0 Å². The van der Waals surface area contributed by atoms with E-state index in [1.165, 1.54) is 0 Å². The zero-order chi connectivity index (χ0) is 10.6. The lowest BCUT2D eigenvalue weighted by Crippen LogP contribution is -2.31. The summed E-state index contributed by atoms with van der Waals surface area (Å²) in [5.74, 6) is 0. The quantitative estimate of drug-likeness (QED) is 0.552. The minimum Gasteiger partial charge on any atom is -0.354 e. The summed E-state index contributed by atoms with van der Waals surface area (Å²) in [6.07, 6.45) is 1.77. The van der Waals surface area contributed by atoms with Gasteiger partial charge in [0.05, 0.1) is 0 Å². The van der Waals surface area contributed by atoms with Crippen molar-refractivity contribution in [3.05, 3.63) is 42.0 Å². The Bertz CT molecular complexity index is 319. The van der Waals surface area contributed by atoms with Gasteiger partial charge in [-0.15, -0.1) is 0 Å². The molecule has 0 bridgehead atoms. The molecule has 1 rings (SSSR count). The van der Waals surface area contributed by atoms with Crippen LogP contribution in [0.3, 0.4) is 0 Å². The maximum Gasteiger partial charge on any atom is 0.168 e. The zero-order valence-corrected chi connectivity index (χ0v) is 9.41. The summed E-state index contributed by atoms with van der Waals surface area (Å²) >= 11 is 0. The SMILES string of the molecule is C=Cc1ccccc1C([Si])(OC)OC. The lowest BCUT2D eigenvalue weighted by molar-refractivity contribution is -0.148. The number of ether oxygens (including phenoxy) is 2. The van der Waals surface area contributed by atoms with Crippen molar-refractivity contribution in [1.29, 1.82) is 0 Å². The fraction of sp³-hybridized carbons (Fsp3) is 0.273. The van der Waals surface area contributed by atoms with Gasteiger partial charge in [0.1, 0.15) is 10.2 Å². The van der Waals surface area contributed by atoms with Gasteiger partial charge in [-0.1, -0.05) is 36.9 Å². The van der Waals surface area contributed by atoms with E-state index in [0.29, 0.717) is 0 Å². The van der Waals surface area contributed by atoms with Gasteiger partial charge in [0.25, 0.3) is 0 Å². The molecule has 3 radical (unpaired) electrons. The van der Waals surface area contributed by atoms with E-state index in [4.69, 9.17) is 9.47 Å². The van der Waals surface area contributed by atoms with Crippen molar-refractivity contribution in [3.8, 4) is 0 Å². The van der Waals surface area contributed by atoms with E-state index in [1.54, 1.807) is 20.3 Å². The highest BCUT2D eigenvalue weighted by Crippen LogP contribution is 2.26. The van der Waals surface area contributed by atoms with Crippen molar-refractivity contribution in [2.24, 2.45) is 0 Å². The van der Waals surface area contributed by atoms with Crippen LogP contribution in [0, 0.1) is 0 Å². The number of hydrogen-bond acceptors (Lipinski definition) is 2. The topological polar surface area (TPSA) is 18.5 Å². The maximum atomic E-state index is 5.26. The minimum atomic E-state index is -0.898. The van der Waals surface area contributed by atoms with Gasteiger partial charge < -0.3 is 9.47 Å². The van der Waals surface area contributed by atoms with E-state index in [1.807, 2.05) is 24.3 Å². The Morgan fingerprint density at radius 2 is 1.86 bits per heavy atom. The highest BCUT2D eigenvalue weighted by molar-refractivity contribution is 6.14. The average molecular weight is 205 g/mol. The van der Waals surface area contributed by atoms with Gasteiger partial charge in [0.2, 0.25) is 0 Å². The van der Waals surface area contributed by atoms with Gasteiger partial charge in [0.15, 0.2) is 5.41 Å². The summed E-state index contributed by atoms with van der Waals surface area (Å²) in [4.78, 5) is 0. The smallest absolute Gasteiger partial charge is 0.168 e. The van der Waals surface area contributed by atoms with Crippen LogP contribution < -0.4 is 0 Å². The number of rotatable bonds is 4. The number of hydrogen-bond donors (Lipinski definition) is 0. The Morgan fingerprint density at radius 3 is 2.36 bits per heavy atom. The molecule has 0 amide bonds. The standard InChI is InChI=1S/C11H13O2Si/c1-4-9-7-5-6-8-10(9)11(14,12-2)13-3/h4-8H,1H2,2-3H3. The molecular formula is C11H13O2Si. The molecule has 0 saturated carbocycles. The van der Waals surface area contributed by atoms with Crippen molar-refractivity contribution >= 4 is 16.3 Å². The lowest BCUT2D eigenvalue weighted by atomic mass is 10.1. The molecule has 0 N–H and O–H groups in total. The van der Waals surface area contributed by atoms with Crippen LogP contribution in [-0.4, -0.2) is 24.5 Å². The molecule has 73 valence electrons. The van der Waals surface area contributed by atoms with Crippen LogP contribution in [0.2, 0.25) is 0 Å². The van der Waals surface area contributed by atoms with Crippen LogP contribution in [0.5, 0.6) is 0 Å². The highest BCUT2D eigenvalue weighted by Gasteiger charge is 2.26. The van der Waals surface area contributed by atoms with E-state index in [0.717, 1.165) is 11.1 Å². The fourth-order valence-electron chi connectivity index (χ4n) is 1.28. The van der Waals surface area contributed by atoms with Crippen molar-refractivity contribution in [3.63, 3.8) is 0 Å². The van der Waals surface area contributed by atoms with Crippen LogP contribution in [0.1, 0.15) is 11.1 Å². The van der Waals surface area contributed by atoms with Crippen molar-refractivity contribution in [2.75, 3.05) is 14.2 Å². The molecule has 3 heteroatoms. The summed E-state index contributed by atoms with van der Waals surface area (Å²) < 4.78 is 10.5. The summed E-state index contributed by atoms with van der Waals surface area (Å²) in [5, 5.41) is 0. The molecule has 2 nitrogen and oxygen atoms in total. The average Bonchev–Trinajstić information content (AvgIpc) is 2.28. The van der Waals surface area contributed by atoms with Crippen LogP contribution >= 0.6 is 0 Å². The van der Waals surface area contributed by atoms with Crippen molar-refractivity contribution in [1.82, 2.24) is 0 Å². The van der Waals surface area contributed by atoms with Gasteiger partial charge in [-0.3, -0.25) is 0 Å². The molecule has 0 fully saturated rings. The first-order chi connectivity index (χ1) is 6.68. The van der Waals surface area contributed by atoms with Gasteiger partial charge in [-0.05, 0) is 5.56 Å². The third-order valence-corrected chi connectivity index (χ3v) is 2.79. The molecule has 0 spiro atoms. The first kappa shape index (κ1) is 11.2. The summed E-state index contributed by atoms with van der Waals surface area (Å²) in [6.45, 7) is 3.74. The summed E-state index contributed by atoms with van der Waals surface area (Å²) in [7, 11) is 6.61. The molecule has 0 aliphatic rings. The molecular weight excluding hydrogens is 192 g/mol. The third-order valence-electron chi connectivity index (χ3n) is 2.11. The van der Waals surface area contributed by atoms with E-state index < -0.39 is 5.41 Å². The molecule has 0 aliphatic carbocycles. The molecule has 0 aliphatic heterocycles. The van der Waals surface area contributed by atoms with E-state index in [9.17, 15) is 0 Å².